The number of rotatable bonds is 9. The largest absolute Gasteiger partial charge is 0.378 e. The smallest absolute Gasteiger partial charge is 0.296 e. The normalized spacial score (nSPS) is 11.4. The second kappa shape index (κ2) is 10.8. The Bertz CT molecular complexity index is 1290. The molecule has 1 aromatic heterocycles. The fourth-order valence-corrected chi connectivity index (χ4v) is 3.92. The second-order valence-electron chi connectivity index (χ2n) is 8.18. The van der Waals surface area contributed by atoms with E-state index in [1.807, 2.05) is 48.5 Å². The summed E-state index contributed by atoms with van der Waals surface area (Å²) in [6.45, 7) is -0.684. The first-order valence-corrected chi connectivity index (χ1v) is 11.4. The van der Waals surface area contributed by atoms with Gasteiger partial charge in [-0.25, -0.2) is 0 Å². The molecule has 0 fully saturated rings. The minimum Gasteiger partial charge on any atom is -0.378 e. The summed E-state index contributed by atoms with van der Waals surface area (Å²) in [5, 5.41) is 0.646. The summed E-state index contributed by atoms with van der Waals surface area (Å²) >= 11 is 6.00. The molecule has 0 amide bonds. The van der Waals surface area contributed by atoms with Crippen LogP contribution in [0.1, 0.15) is 16.7 Å². The van der Waals surface area contributed by atoms with Crippen molar-refractivity contribution in [3.8, 4) is 22.5 Å². The van der Waals surface area contributed by atoms with Crippen molar-refractivity contribution in [2.24, 2.45) is 0 Å². The van der Waals surface area contributed by atoms with Gasteiger partial charge in [0, 0.05) is 54.1 Å². The number of aromatic nitrogens is 2. The van der Waals surface area contributed by atoms with Crippen LogP contribution in [0.4, 0.5) is 8.78 Å². The molecule has 0 radical (unpaired) electrons. The van der Waals surface area contributed by atoms with Gasteiger partial charge < -0.3 is 4.74 Å². The zero-order valence-electron chi connectivity index (χ0n) is 19.0. The highest BCUT2D eigenvalue weighted by Crippen LogP contribution is 2.30. The number of alkyl halides is 2. The van der Waals surface area contributed by atoms with Gasteiger partial charge in [0.05, 0.1) is 11.4 Å². The number of nitrogens with zero attached hydrogens (tertiary/aromatic N) is 2. The van der Waals surface area contributed by atoms with Crippen LogP contribution in [0.25, 0.3) is 22.5 Å². The van der Waals surface area contributed by atoms with Gasteiger partial charge in [0.15, 0.2) is 0 Å². The van der Waals surface area contributed by atoms with Gasteiger partial charge in [0.25, 0.3) is 5.92 Å². The van der Waals surface area contributed by atoms with Crippen LogP contribution in [-0.2, 0) is 28.3 Å². The molecule has 0 bridgehead atoms. The fraction of sp³-hybridized carbons (Fsp3) is 0.179. The number of hydrogen-bond donors (Lipinski definition) is 0. The molecule has 0 aliphatic carbocycles. The lowest BCUT2D eigenvalue weighted by atomic mass is 9.98. The number of carbonyl (C=O) groups is 1. The van der Waals surface area contributed by atoms with Crippen LogP contribution in [0.15, 0.2) is 85.2 Å². The number of ketones is 1. The van der Waals surface area contributed by atoms with Crippen LogP contribution in [-0.4, -0.2) is 29.5 Å². The first kappa shape index (κ1) is 24.6. The SMILES string of the molecule is COCC(F)(F)c1ccc(CC(=O)Cc2ccc(-c3nccnc3-c3ccc(Cl)cc3)cc2)cc1. The second-order valence-corrected chi connectivity index (χ2v) is 8.62. The maximum atomic E-state index is 13.9. The molecule has 0 N–H and O–H groups in total. The van der Waals surface area contributed by atoms with Crippen molar-refractivity contribution in [2.75, 3.05) is 13.7 Å². The Kier molecular flexibility index (Phi) is 7.63. The summed E-state index contributed by atoms with van der Waals surface area (Å²) in [4.78, 5) is 21.6. The number of benzene rings is 3. The third kappa shape index (κ3) is 6.15. The molecule has 0 aliphatic rings. The number of Topliss-reactive ketones (excluding diaryl/α,β-unsaturated/α-hetero) is 1. The van der Waals surface area contributed by atoms with E-state index in [4.69, 9.17) is 11.6 Å². The molecule has 0 unspecified atom stereocenters. The van der Waals surface area contributed by atoms with Crippen LogP contribution < -0.4 is 0 Å². The zero-order chi connectivity index (χ0) is 24.8. The highest BCUT2D eigenvalue weighted by Gasteiger charge is 2.31. The highest BCUT2D eigenvalue weighted by atomic mass is 35.5. The molecule has 0 saturated carbocycles. The van der Waals surface area contributed by atoms with E-state index < -0.39 is 12.5 Å². The zero-order valence-corrected chi connectivity index (χ0v) is 19.8. The van der Waals surface area contributed by atoms with Crippen molar-refractivity contribution in [3.63, 3.8) is 0 Å². The van der Waals surface area contributed by atoms with Gasteiger partial charge in [-0.05, 0) is 23.3 Å². The lowest BCUT2D eigenvalue weighted by Crippen LogP contribution is -2.20. The van der Waals surface area contributed by atoms with E-state index in [0.717, 1.165) is 28.1 Å². The molecule has 0 spiro atoms. The molecule has 0 saturated heterocycles. The quantitative estimate of drug-likeness (QED) is 0.265. The van der Waals surface area contributed by atoms with Crippen molar-refractivity contribution in [1.82, 2.24) is 9.97 Å². The predicted octanol–water partition coefficient (Wildman–Crippen LogP) is 6.56. The van der Waals surface area contributed by atoms with E-state index in [0.29, 0.717) is 10.6 Å². The first-order valence-electron chi connectivity index (χ1n) is 11.0. The van der Waals surface area contributed by atoms with Gasteiger partial charge in [-0.1, -0.05) is 72.3 Å². The number of halogens is 3. The summed E-state index contributed by atoms with van der Waals surface area (Å²) < 4.78 is 32.4. The third-order valence-corrected chi connectivity index (χ3v) is 5.80. The molecule has 0 atom stereocenters. The Morgan fingerprint density at radius 1 is 0.800 bits per heavy atom. The van der Waals surface area contributed by atoms with Crippen LogP contribution in [0.2, 0.25) is 5.02 Å². The van der Waals surface area contributed by atoms with Gasteiger partial charge in [0.1, 0.15) is 12.4 Å². The van der Waals surface area contributed by atoms with Gasteiger partial charge in [-0.2, -0.15) is 8.78 Å². The van der Waals surface area contributed by atoms with E-state index in [1.165, 1.54) is 19.2 Å². The van der Waals surface area contributed by atoms with E-state index in [2.05, 4.69) is 14.7 Å². The van der Waals surface area contributed by atoms with Gasteiger partial charge in [-0.15, -0.1) is 0 Å². The summed E-state index contributed by atoms with van der Waals surface area (Å²) in [5.74, 6) is -3.06. The monoisotopic (exact) mass is 492 g/mol. The van der Waals surface area contributed by atoms with Crippen LogP contribution in [0, 0.1) is 0 Å². The summed E-state index contributed by atoms with van der Waals surface area (Å²) in [6.07, 6.45) is 3.70. The van der Waals surface area contributed by atoms with Gasteiger partial charge in [-0.3, -0.25) is 14.8 Å². The topological polar surface area (TPSA) is 52.1 Å². The molecule has 4 rings (SSSR count). The predicted molar refractivity (Wildman–Crippen MR) is 133 cm³/mol. The Morgan fingerprint density at radius 3 is 1.74 bits per heavy atom. The fourth-order valence-electron chi connectivity index (χ4n) is 3.80. The van der Waals surface area contributed by atoms with Crippen molar-refractivity contribution in [3.05, 3.63) is 107 Å². The van der Waals surface area contributed by atoms with Crippen LogP contribution in [0.5, 0.6) is 0 Å². The first-order chi connectivity index (χ1) is 16.9. The molecular weight excluding hydrogens is 470 g/mol. The molecule has 35 heavy (non-hydrogen) atoms. The highest BCUT2D eigenvalue weighted by molar-refractivity contribution is 6.30. The lowest BCUT2D eigenvalue weighted by molar-refractivity contribution is -0.117. The number of ether oxygens (including phenoxy) is 1. The molecule has 4 nitrogen and oxygen atoms in total. The average Bonchev–Trinajstić information content (AvgIpc) is 2.85. The Balaban J connectivity index is 1.43. The summed E-state index contributed by atoms with van der Waals surface area (Å²) in [7, 11) is 1.24. The van der Waals surface area contributed by atoms with Crippen LogP contribution in [0.3, 0.4) is 0 Å². The van der Waals surface area contributed by atoms with E-state index in [9.17, 15) is 13.6 Å². The standard InChI is InChI=1S/C28H23ClF2N2O2/c1-35-18-28(30,31)23-10-4-20(5-11-23)17-25(34)16-19-2-6-21(7-3-19)26-27(33-15-14-32-26)22-8-12-24(29)13-9-22/h2-15H,16-18H2,1H3. The maximum absolute atomic E-state index is 13.9. The van der Waals surface area contributed by atoms with Crippen LogP contribution >= 0.6 is 11.6 Å². The molecular formula is C28H23ClF2N2O2. The minimum absolute atomic E-state index is 0.00416. The van der Waals surface area contributed by atoms with Crippen molar-refractivity contribution in [2.45, 2.75) is 18.8 Å². The van der Waals surface area contributed by atoms with E-state index in [1.54, 1.807) is 24.5 Å². The molecule has 4 aromatic rings. The summed E-state index contributed by atoms with van der Waals surface area (Å²) in [5.41, 5.74) is 4.68. The van der Waals surface area contributed by atoms with Gasteiger partial charge in [0.2, 0.25) is 0 Å². The third-order valence-electron chi connectivity index (χ3n) is 5.55. The average molecular weight is 493 g/mol. The van der Waals surface area contributed by atoms with E-state index >= 15 is 0 Å². The maximum Gasteiger partial charge on any atom is 0.296 e. The molecule has 1 heterocycles. The Morgan fingerprint density at radius 2 is 1.26 bits per heavy atom. The number of carbonyl (C=O) groups excluding carboxylic acids is 1. The Hall–Kier alpha value is -3.48. The van der Waals surface area contributed by atoms with Crippen molar-refractivity contribution >= 4 is 17.4 Å². The molecule has 7 heteroatoms. The Labute approximate surface area is 207 Å². The van der Waals surface area contributed by atoms with Gasteiger partial charge >= 0.3 is 0 Å². The number of methoxy groups -OCH3 is 1. The van der Waals surface area contributed by atoms with Crippen molar-refractivity contribution < 1.29 is 18.3 Å². The molecule has 0 aliphatic heterocycles. The minimum atomic E-state index is -3.06. The molecule has 3 aromatic carbocycles. The van der Waals surface area contributed by atoms with E-state index in [-0.39, 0.29) is 24.2 Å². The van der Waals surface area contributed by atoms with Crippen molar-refractivity contribution in [1.29, 1.82) is 0 Å². The lowest BCUT2D eigenvalue weighted by Gasteiger charge is -2.15. The number of hydrogen-bond acceptors (Lipinski definition) is 4. The molecule has 178 valence electrons. The summed E-state index contributed by atoms with van der Waals surface area (Å²) in [6, 6.07) is 20.8.